The van der Waals surface area contributed by atoms with E-state index in [-0.39, 0.29) is 15.2 Å². The Bertz CT molecular complexity index is 1120. The molecule has 1 heterocycles. The molecule has 0 amide bonds. The number of aromatic nitrogens is 1. The standard InChI is InChI=1S/C17H16F2N2O4S2/c1-3-25-11-4-7-13(8-5-11)27(22,23)20-17-21(16(18)19)14-9-6-12(24-2)10-15(14)26-17/h4-10,16H,3H2,1-2H3/b20-17+. The first-order chi connectivity index (χ1) is 12.9. The van der Waals surface area contributed by atoms with Crippen LogP contribution >= 0.6 is 11.3 Å². The molecule has 0 fully saturated rings. The molecule has 0 aliphatic rings. The van der Waals surface area contributed by atoms with Crippen LogP contribution in [-0.2, 0) is 10.0 Å². The van der Waals surface area contributed by atoms with Gasteiger partial charge in [-0.25, -0.2) is 0 Å². The SMILES string of the molecule is CCOc1ccc(S(=O)(=O)/N=c2/sc3cc(OC)ccc3n2C(F)F)cc1. The highest BCUT2D eigenvalue weighted by molar-refractivity contribution is 7.90. The number of sulfonamides is 1. The van der Waals surface area contributed by atoms with Gasteiger partial charge in [-0.15, -0.1) is 4.40 Å². The maximum Gasteiger partial charge on any atom is 0.321 e. The summed E-state index contributed by atoms with van der Waals surface area (Å²) >= 11 is 0.847. The molecule has 0 saturated heterocycles. The summed E-state index contributed by atoms with van der Waals surface area (Å²) in [7, 11) is -2.71. The van der Waals surface area contributed by atoms with Crippen molar-refractivity contribution in [1.82, 2.24) is 4.57 Å². The second kappa shape index (κ2) is 7.65. The highest BCUT2D eigenvalue weighted by atomic mass is 32.2. The quantitative estimate of drug-likeness (QED) is 0.615. The van der Waals surface area contributed by atoms with E-state index in [1.807, 2.05) is 0 Å². The average molecular weight is 414 g/mol. The van der Waals surface area contributed by atoms with Gasteiger partial charge in [-0.1, -0.05) is 11.3 Å². The number of methoxy groups -OCH3 is 1. The summed E-state index contributed by atoms with van der Waals surface area (Å²) in [6.45, 7) is -0.697. The smallest absolute Gasteiger partial charge is 0.321 e. The summed E-state index contributed by atoms with van der Waals surface area (Å²) in [5.74, 6) is 0.985. The molecule has 6 nitrogen and oxygen atoms in total. The zero-order valence-corrected chi connectivity index (χ0v) is 16.1. The minimum absolute atomic E-state index is 0.109. The molecule has 10 heteroatoms. The summed E-state index contributed by atoms with van der Waals surface area (Å²) in [6.07, 6.45) is 0. The molecule has 0 spiro atoms. The molecular weight excluding hydrogens is 398 g/mol. The van der Waals surface area contributed by atoms with Crippen molar-refractivity contribution in [3.8, 4) is 11.5 Å². The maximum atomic E-state index is 13.6. The lowest BCUT2D eigenvalue weighted by Crippen LogP contribution is -2.17. The molecule has 3 rings (SSSR count). The number of rotatable bonds is 6. The van der Waals surface area contributed by atoms with Crippen molar-refractivity contribution in [2.24, 2.45) is 4.40 Å². The van der Waals surface area contributed by atoms with Crippen LogP contribution in [0.5, 0.6) is 11.5 Å². The van der Waals surface area contributed by atoms with Crippen LogP contribution in [0.3, 0.4) is 0 Å². The van der Waals surface area contributed by atoms with E-state index in [4.69, 9.17) is 9.47 Å². The molecule has 0 atom stereocenters. The fourth-order valence-corrected chi connectivity index (χ4v) is 4.68. The van der Waals surface area contributed by atoms with Gasteiger partial charge in [0.25, 0.3) is 10.0 Å². The van der Waals surface area contributed by atoms with Crippen LogP contribution in [0.25, 0.3) is 10.2 Å². The Hall–Kier alpha value is -2.46. The van der Waals surface area contributed by atoms with Crippen LogP contribution in [0.15, 0.2) is 51.8 Å². The van der Waals surface area contributed by atoms with Crippen molar-refractivity contribution in [2.45, 2.75) is 18.4 Å². The van der Waals surface area contributed by atoms with Crippen molar-refractivity contribution >= 4 is 31.6 Å². The van der Waals surface area contributed by atoms with Crippen LogP contribution in [0.2, 0.25) is 0 Å². The van der Waals surface area contributed by atoms with Gasteiger partial charge >= 0.3 is 6.55 Å². The third-order valence-corrected chi connectivity index (χ3v) is 6.07. The van der Waals surface area contributed by atoms with Crippen molar-refractivity contribution in [3.05, 3.63) is 47.3 Å². The molecule has 2 aromatic carbocycles. The fraction of sp³-hybridized carbons (Fsp3) is 0.235. The van der Waals surface area contributed by atoms with Gasteiger partial charge in [0.2, 0.25) is 4.80 Å². The lowest BCUT2D eigenvalue weighted by molar-refractivity contribution is 0.0723. The zero-order valence-electron chi connectivity index (χ0n) is 14.4. The predicted molar refractivity (Wildman–Crippen MR) is 98.0 cm³/mol. The van der Waals surface area contributed by atoms with E-state index in [9.17, 15) is 17.2 Å². The third kappa shape index (κ3) is 3.96. The predicted octanol–water partition coefficient (Wildman–Crippen LogP) is 3.79. The summed E-state index contributed by atoms with van der Waals surface area (Å²) in [6, 6.07) is 10.2. The molecule has 0 radical (unpaired) electrons. The Morgan fingerprint density at radius 1 is 1.15 bits per heavy atom. The van der Waals surface area contributed by atoms with Crippen LogP contribution in [0.1, 0.15) is 13.5 Å². The molecule has 0 N–H and O–H groups in total. The number of hydrogen-bond donors (Lipinski definition) is 0. The normalized spacial score (nSPS) is 12.7. The van der Waals surface area contributed by atoms with Gasteiger partial charge in [0.1, 0.15) is 11.5 Å². The third-order valence-electron chi connectivity index (χ3n) is 3.66. The summed E-state index contributed by atoms with van der Waals surface area (Å²) in [4.78, 5) is -0.427. The topological polar surface area (TPSA) is 69.9 Å². The van der Waals surface area contributed by atoms with Gasteiger partial charge in [0.05, 0.1) is 28.8 Å². The minimum Gasteiger partial charge on any atom is -0.497 e. The Morgan fingerprint density at radius 3 is 2.41 bits per heavy atom. The van der Waals surface area contributed by atoms with Crippen molar-refractivity contribution in [1.29, 1.82) is 0 Å². The average Bonchev–Trinajstić information content (AvgIpc) is 2.98. The van der Waals surface area contributed by atoms with Gasteiger partial charge in [0.15, 0.2) is 0 Å². The molecule has 144 valence electrons. The lowest BCUT2D eigenvalue weighted by Gasteiger charge is -2.05. The molecule has 0 aliphatic carbocycles. The van der Waals surface area contributed by atoms with Gasteiger partial charge in [-0.2, -0.15) is 17.2 Å². The van der Waals surface area contributed by atoms with Gasteiger partial charge in [0, 0.05) is 0 Å². The molecule has 0 unspecified atom stereocenters. The van der Waals surface area contributed by atoms with E-state index < -0.39 is 16.6 Å². The highest BCUT2D eigenvalue weighted by Crippen LogP contribution is 2.27. The maximum absolute atomic E-state index is 13.6. The van der Waals surface area contributed by atoms with Gasteiger partial charge < -0.3 is 9.47 Å². The number of thiazole rings is 1. The Kier molecular flexibility index (Phi) is 5.47. The van der Waals surface area contributed by atoms with Crippen molar-refractivity contribution in [2.75, 3.05) is 13.7 Å². The molecule has 3 aromatic rings. The first kappa shape index (κ1) is 19.3. The molecule has 0 bridgehead atoms. The molecular formula is C17H16F2N2O4S2. The van der Waals surface area contributed by atoms with E-state index in [1.54, 1.807) is 13.0 Å². The number of benzene rings is 2. The second-order valence-electron chi connectivity index (χ2n) is 5.34. The minimum atomic E-state index is -4.17. The first-order valence-corrected chi connectivity index (χ1v) is 10.1. The number of fused-ring (bicyclic) bond motifs is 1. The number of alkyl halides is 2. The Balaban J connectivity index is 2.14. The van der Waals surface area contributed by atoms with Crippen molar-refractivity contribution < 1.29 is 26.7 Å². The lowest BCUT2D eigenvalue weighted by atomic mass is 10.3. The van der Waals surface area contributed by atoms with Crippen LogP contribution in [0, 0.1) is 0 Å². The Morgan fingerprint density at radius 2 is 1.81 bits per heavy atom. The van der Waals surface area contributed by atoms with E-state index in [0.29, 0.717) is 27.4 Å². The molecule has 1 aromatic heterocycles. The summed E-state index contributed by atoms with van der Waals surface area (Å²) in [5, 5.41) is 0. The fourth-order valence-electron chi connectivity index (χ4n) is 2.43. The first-order valence-electron chi connectivity index (χ1n) is 7.87. The second-order valence-corrected chi connectivity index (χ2v) is 7.95. The van der Waals surface area contributed by atoms with Gasteiger partial charge in [-0.05, 0) is 49.4 Å². The molecule has 0 aliphatic heterocycles. The Labute approximate surface area is 158 Å². The highest BCUT2D eigenvalue weighted by Gasteiger charge is 2.19. The number of hydrogen-bond acceptors (Lipinski definition) is 5. The van der Waals surface area contributed by atoms with Crippen LogP contribution < -0.4 is 14.3 Å². The monoisotopic (exact) mass is 414 g/mol. The van der Waals surface area contributed by atoms with Crippen LogP contribution in [-0.4, -0.2) is 26.7 Å². The number of halogens is 2. The molecule has 27 heavy (non-hydrogen) atoms. The van der Waals surface area contributed by atoms with E-state index in [2.05, 4.69) is 4.40 Å². The summed E-state index contributed by atoms with van der Waals surface area (Å²) < 4.78 is 67.3. The largest absolute Gasteiger partial charge is 0.497 e. The van der Waals surface area contributed by atoms with E-state index in [0.717, 1.165) is 11.3 Å². The number of nitrogens with zero attached hydrogens (tertiary/aromatic N) is 2. The van der Waals surface area contributed by atoms with E-state index in [1.165, 1.54) is 43.5 Å². The van der Waals surface area contributed by atoms with Crippen molar-refractivity contribution in [3.63, 3.8) is 0 Å². The van der Waals surface area contributed by atoms with Crippen LogP contribution in [0.4, 0.5) is 8.78 Å². The zero-order chi connectivity index (χ0) is 19.6. The van der Waals surface area contributed by atoms with Gasteiger partial charge in [-0.3, -0.25) is 4.57 Å². The molecule has 0 saturated carbocycles. The summed E-state index contributed by atoms with van der Waals surface area (Å²) in [5.41, 5.74) is 0.177. The number of ether oxygens (including phenoxy) is 2. The van der Waals surface area contributed by atoms with E-state index >= 15 is 0 Å².